The molecule has 0 saturated carbocycles. The molecule has 2 aliphatic rings. The zero-order valence-corrected chi connectivity index (χ0v) is 27.5. The number of amides is 5. The number of hydrogen-bond acceptors (Lipinski definition) is 8. The van der Waals surface area contributed by atoms with E-state index in [1.54, 1.807) is 36.2 Å². The highest BCUT2D eigenvalue weighted by atomic mass is 31.2. The summed E-state index contributed by atoms with van der Waals surface area (Å²) in [5, 5.41) is 10.7. The minimum absolute atomic E-state index is 0.0395. The molecule has 5 amide bonds. The summed E-state index contributed by atoms with van der Waals surface area (Å²) in [4.78, 5) is 84.7. The monoisotopic (exact) mass is 687 g/mol. The lowest BCUT2D eigenvalue weighted by molar-refractivity contribution is -0.142. The molecule has 4 rings (SSSR count). The Morgan fingerprint density at radius 3 is 2.40 bits per heavy atom. The Morgan fingerprint density at radius 2 is 1.71 bits per heavy atom. The fraction of sp³-hybridized carbons (Fsp3) is 0.469. The fourth-order valence-corrected chi connectivity index (χ4v) is 6.30. The highest BCUT2D eigenvalue weighted by molar-refractivity contribution is 7.46. The topological polar surface area (TPSA) is 213 Å². The number of carbonyl (C=O) groups is 5. The van der Waals surface area contributed by atoms with Crippen molar-refractivity contribution in [1.82, 2.24) is 26.2 Å². The zero-order chi connectivity index (χ0) is 34.7. The zero-order valence-electron chi connectivity index (χ0n) is 26.6. The van der Waals surface area contributed by atoms with Crippen molar-refractivity contribution in [1.29, 1.82) is 0 Å². The lowest BCUT2D eigenvalue weighted by Gasteiger charge is -2.31. The Bertz CT molecular complexity index is 1490. The Labute approximate surface area is 278 Å². The number of nitrogens with one attached hydrogen (secondary N) is 4. The second kappa shape index (κ2) is 17.1. The molecule has 2 heterocycles. The molecule has 0 aliphatic carbocycles. The van der Waals surface area contributed by atoms with Crippen molar-refractivity contribution >= 4 is 37.5 Å². The lowest BCUT2D eigenvalue weighted by atomic mass is 10.0. The minimum Gasteiger partial charge on any atom is -0.445 e. The van der Waals surface area contributed by atoms with Crippen LogP contribution in [0.1, 0.15) is 56.1 Å². The third-order valence-corrected chi connectivity index (χ3v) is 8.72. The predicted octanol–water partition coefficient (Wildman–Crippen LogP) is 1.67. The van der Waals surface area contributed by atoms with Crippen molar-refractivity contribution in [2.24, 2.45) is 0 Å². The van der Waals surface area contributed by atoms with Gasteiger partial charge in [0.2, 0.25) is 23.6 Å². The molecule has 0 radical (unpaired) electrons. The normalized spacial score (nSPS) is 19.7. The second-order valence-electron chi connectivity index (χ2n) is 11.7. The quantitative estimate of drug-likeness (QED) is 0.125. The van der Waals surface area contributed by atoms with Gasteiger partial charge in [-0.3, -0.25) is 29.0 Å². The van der Waals surface area contributed by atoms with Crippen molar-refractivity contribution in [3.8, 4) is 5.75 Å². The van der Waals surface area contributed by atoms with E-state index in [0.29, 0.717) is 44.1 Å². The molecule has 0 spiro atoms. The summed E-state index contributed by atoms with van der Waals surface area (Å²) in [6, 6.07) is 11.6. The maximum Gasteiger partial charge on any atom is 0.524 e. The molecule has 2 aromatic carbocycles. The van der Waals surface area contributed by atoms with Gasteiger partial charge < -0.3 is 35.4 Å². The molecule has 1 unspecified atom stereocenters. The van der Waals surface area contributed by atoms with Crippen molar-refractivity contribution in [3.63, 3.8) is 0 Å². The van der Waals surface area contributed by atoms with Crippen LogP contribution in [-0.2, 0) is 41.5 Å². The largest absolute Gasteiger partial charge is 0.524 e. The molecule has 15 nitrogen and oxygen atoms in total. The highest BCUT2D eigenvalue weighted by Gasteiger charge is 2.45. The van der Waals surface area contributed by atoms with Crippen molar-refractivity contribution in [3.05, 3.63) is 65.7 Å². The van der Waals surface area contributed by atoms with E-state index in [-0.39, 0.29) is 55.5 Å². The van der Waals surface area contributed by atoms with Gasteiger partial charge in [0.1, 0.15) is 30.5 Å². The van der Waals surface area contributed by atoms with Gasteiger partial charge in [0.15, 0.2) is 0 Å². The number of ether oxygens (including phenoxy) is 1. The molecule has 260 valence electrons. The van der Waals surface area contributed by atoms with Crippen LogP contribution in [0, 0.1) is 0 Å². The lowest BCUT2D eigenvalue weighted by Crippen LogP contribution is -2.57. The van der Waals surface area contributed by atoms with Crippen LogP contribution in [0.4, 0.5) is 4.79 Å². The van der Waals surface area contributed by atoms with Crippen molar-refractivity contribution in [2.45, 2.75) is 82.1 Å². The molecule has 16 heteroatoms. The number of phosphoric ester groups is 1. The van der Waals surface area contributed by atoms with Gasteiger partial charge in [-0.2, -0.15) is 0 Å². The molecule has 0 aromatic heterocycles. The van der Waals surface area contributed by atoms with Crippen LogP contribution in [0.25, 0.3) is 0 Å². The summed E-state index contributed by atoms with van der Waals surface area (Å²) >= 11 is 0. The summed E-state index contributed by atoms with van der Waals surface area (Å²) in [6.07, 6.45) is 2.61. The first kappa shape index (κ1) is 36.4. The van der Waals surface area contributed by atoms with E-state index in [0.717, 1.165) is 5.56 Å². The van der Waals surface area contributed by atoms with Crippen LogP contribution in [0.15, 0.2) is 54.6 Å². The van der Waals surface area contributed by atoms with Crippen LogP contribution in [-0.4, -0.2) is 82.2 Å². The number of rotatable bonds is 14. The van der Waals surface area contributed by atoms with Gasteiger partial charge in [-0.15, -0.1) is 0 Å². The average molecular weight is 688 g/mol. The highest BCUT2D eigenvalue weighted by Crippen LogP contribution is 2.37. The van der Waals surface area contributed by atoms with Crippen LogP contribution < -0.4 is 25.8 Å². The van der Waals surface area contributed by atoms with E-state index in [1.807, 2.05) is 6.07 Å². The van der Waals surface area contributed by atoms with E-state index in [4.69, 9.17) is 14.5 Å². The molecule has 2 aliphatic heterocycles. The number of phosphoric acid groups is 1. The van der Waals surface area contributed by atoms with E-state index < -0.39 is 37.9 Å². The number of hydrogen-bond donors (Lipinski definition) is 6. The Morgan fingerprint density at radius 1 is 0.979 bits per heavy atom. The number of alkyl carbamates (subject to hydrolysis) is 1. The Balaban J connectivity index is 1.44. The first-order valence-electron chi connectivity index (χ1n) is 15.9. The molecule has 48 heavy (non-hydrogen) atoms. The van der Waals surface area contributed by atoms with Crippen LogP contribution >= 0.6 is 7.82 Å². The predicted molar refractivity (Wildman–Crippen MR) is 172 cm³/mol. The maximum atomic E-state index is 13.8. The summed E-state index contributed by atoms with van der Waals surface area (Å²) in [6.45, 7) is 0.248. The Kier molecular flexibility index (Phi) is 13.0. The molecular formula is C32H42N5O10P. The first-order valence-corrected chi connectivity index (χ1v) is 17.4. The third kappa shape index (κ3) is 10.8. The van der Waals surface area contributed by atoms with E-state index in [1.165, 1.54) is 24.3 Å². The molecule has 0 bridgehead atoms. The molecule has 6 N–H and O–H groups in total. The molecule has 2 saturated heterocycles. The molecule has 4 atom stereocenters. The van der Waals surface area contributed by atoms with Gasteiger partial charge in [0.05, 0.1) is 0 Å². The smallest absolute Gasteiger partial charge is 0.445 e. The van der Waals surface area contributed by atoms with Crippen LogP contribution in [0.2, 0.25) is 0 Å². The van der Waals surface area contributed by atoms with Crippen LogP contribution in [0.3, 0.4) is 0 Å². The fourth-order valence-electron chi connectivity index (χ4n) is 5.90. The van der Waals surface area contributed by atoms with E-state index in [9.17, 15) is 28.5 Å². The molecule has 2 fully saturated rings. The minimum atomic E-state index is -4.77. The average Bonchev–Trinajstić information content (AvgIpc) is 3.42. The molecular weight excluding hydrogens is 645 g/mol. The first-order chi connectivity index (χ1) is 22.9. The second-order valence-corrected chi connectivity index (χ2v) is 12.9. The third-order valence-electron chi connectivity index (χ3n) is 8.27. The number of benzene rings is 2. The SMILES string of the molecule is CNC(=O)CCCNC(=O)[C@@H]1CCC2CCC[C@H](NC(=O)[C@H](Cc3ccc(OP(=O)(O)O)cc3)NC(=O)OCc3ccccc3)C(=O)N21. The van der Waals surface area contributed by atoms with Gasteiger partial charge in [0.25, 0.3) is 0 Å². The van der Waals surface area contributed by atoms with Gasteiger partial charge in [-0.25, -0.2) is 9.36 Å². The number of carbonyl (C=O) groups excluding carboxylic acids is 5. The van der Waals surface area contributed by atoms with Gasteiger partial charge >= 0.3 is 13.9 Å². The Hall–Kier alpha value is -4.46. The number of nitrogens with zero attached hydrogens (tertiary/aromatic N) is 1. The summed E-state index contributed by atoms with van der Waals surface area (Å²) < 4.78 is 21.1. The van der Waals surface area contributed by atoms with Crippen molar-refractivity contribution in [2.75, 3.05) is 13.6 Å². The van der Waals surface area contributed by atoms with Crippen molar-refractivity contribution < 1.29 is 47.6 Å². The molecule has 2 aromatic rings. The van der Waals surface area contributed by atoms with Crippen LogP contribution in [0.5, 0.6) is 5.75 Å². The van der Waals surface area contributed by atoms with Gasteiger partial charge in [-0.1, -0.05) is 42.5 Å². The van der Waals surface area contributed by atoms with Gasteiger partial charge in [0, 0.05) is 32.5 Å². The summed E-state index contributed by atoms with van der Waals surface area (Å²) in [5.74, 6) is -1.54. The maximum absolute atomic E-state index is 13.8. The van der Waals surface area contributed by atoms with E-state index in [2.05, 4.69) is 25.8 Å². The van der Waals surface area contributed by atoms with E-state index >= 15 is 0 Å². The summed E-state index contributed by atoms with van der Waals surface area (Å²) in [7, 11) is -3.23. The standard InChI is InChI=1S/C32H42N5O10P/c1-33-28(38)11-6-18-34-30(40)27-17-14-23-9-5-10-25(31(41)37(23)27)35-29(39)26(36-32(42)46-20-22-7-3-2-4-8-22)19-21-12-15-24(16-13-21)47-48(43,44)45/h2-4,7-8,12-13,15-16,23,25-27H,5-6,9-11,14,17-20H2,1H3,(H,33,38)(H,34,40)(H,35,39)(H,36,42)(H2,43,44,45)/t23?,25-,26-,27-/m0/s1. The van der Waals surface area contributed by atoms with Gasteiger partial charge in [-0.05, 0) is 61.8 Å². The number of fused-ring (bicyclic) bond motifs is 1. The summed E-state index contributed by atoms with van der Waals surface area (Å²) in [5.41, 5.74) is 1.26.